The number of rotatable bonds is 9. The van der Waals surface area contributed by atoms with Crippen LogP contribution in [0.4, 0.5) is 5.95 Å². The molecule has 0 spiro atoms. The molecule has 0 radical (unpaired) electrons. The van der Waals surface area contributed by atoms with E-state index in [4.69, 9.17) is 9.72 Å². The van der Waals surface area contributed by atoms with Crippen molar-refractivity contribution in [2.24, 2.45) is 5.10 Å². The van der Waals surface area contributed by atoms with Crippen LogP contribution in [0.1, 0.15) is 30.9 Å². The molecule has 0 aliphatic heterocycles. The third kappa shape index (κ3) is 4.73. The summed E-state index contributed by atoms with van der Waals surface area (Å²) in [5.41, 5.74) is 7.71. The lowest BCUT2D eigenvalue weighted by Crippen LogP contribution is -2.03. The number of aromatic nitrogens is 4. The first-order valence-corrected chi connectivity index (χ1v) is 11.5. The van der Waals surface area contributed by atoms with Crippen LogP contribution in [0.15, 0.2) is 84.0 Å². The highest BCUT2D eigenvalue weighted by Gasteiger charge is 2.14. The van der Waals surface area contributed by atoms with Crippen LogP contribution in [-0.4, -0.2) is 26.0 Å². The maximum atomic E-state index is 5.90. The van der Waals surface area contributed by atoms with Crippen molar-refractivity contribution in [3.05, 3.63) is 90.0 Å². The van der Waals surface area contributed by atoms with Gasteiger partial charge in [0.25, 0.3) is 5.95 Å². The largest absolute Gasteiger partial charge is 0.489 e. The Morgan fingerprint density at radius 1 is 0.971 bits per heavy atom. The Balaban J connectivity index is 1.32. The number of nitrogens with zero attached hydrogens (tertiary/aromatic N) is 5. The predicted molar refractivity (Wildman–Crippen MR) is 136 cm³/mol. The second kappa shape index (κ2) is 10.1. The van der Waals surface area contributed by atoms with Gasteiger partial charge in [-0.3, -0.25) is 0 Å². The Labute approximate surface area is 198 Å². The van der Waals surface area contributed by atoms with Gasteiger partial charge in [-0.2, -0.15) is 10.1 Å². The molecule has 2 heterocycles. The first kappa shape index (κ1) is 21.6. The van der Waals surface area contributed by atoms with E-state index in [0.717, 1.165) is 58.3 Å². The van der Waals surface area contributed by atoms with Gasteiger partial charge in [0.15, 0.2) is 5.65 Å². The van der Waals surface area contributed by atoms with Crippen LogP contribution in [0.25, 0.3) is 22.1 Å². The Kier molecular flexibility index (Phi) is 6.42. The van der Waals surface area contributed by atoms with Crippen molar-refractivity contribution >= 4 is 34.2 Å². The number of hydrazone groups is 1. The number of fused-ring (bicyclic) bond motifs is 3. The van der Waals surface area contributed by atoms with Gasteiger partial charge >= 0.3 is 0 Å². The molecule has 0 bridgehead atoms. The Bertz CT molecular complexity index is 1430. The number of hydrogen-bond donors (Lipinski definition) is 1. The second-order valence-electron chi connectivity index (χ2n) is 8.05. The summed E-state index contributed by atoms with van der Waals surface area (Å²) in [4.78, 5) is 4.72. The normalized spacial score (nSPS) is 11.4. The minimum Gasteiger partial charge on any atom is -0.489 e. The highest BCUT2D eigenvalue weighted by molar-refractivity contribution is 6.04. The van der Waals surface area contributed by atoms with Crippen LogP contribution in [0, 0.1) is 0 Å². The molecule has 170 valence electrons. The molecule has 7 nitrogen and oxygen atoms in total. The second-order valence-corrected chi connectivity index (χ2v) is 8.05. The molecular weight excluding hydrogens is 424 g/mol. The summed E-state index contributed by atoms with van der Waals surface area (Å²) < 4.78 is 8.11. The van der Waals surface area contributed by atoms with Crippen molar-refractivity contribution in [3.8, 4) is 5.75 Å². The quantitative estimate of drug-likeness (QED) is 0.227. The predicted octanol–water partition coefficient (Wildman–Crippen LogP) is 5.80. The van der Waals surface area contributed by atoms with E-state index in [0.29, 0.717) is 12.6 Å². The van der Waals surface area contributed by atoms with Gasteiger partial charge in [0.1, 0.15) is 17.9 Å². The van der Waals surface area contributed by atoms with Gasteiger partial charge in [-0.1, -0.05) is 74.0 Å². The molecule has 34 heavy (non-hydrogen) atoms. The Hall–Kier alpha value is -4.26. The number of nitrogens with one attached hydrogen (secondary N) is 1. The lowest BCUT2D eigenvalue weighted by molar-refractivity contribution is 0.306. The van der Waals surface area contributed by atoms with E-state index in [1.807, 2.05) is 66.7 Å². The van der Waals surface area contributed by atoms with Crippen LogP contribution in [0.5, 0.6) is 5.75 Å². The Morgan fingerprint density at radius 3 is 2.71 bits per heavy atom. The standard InChI is InChI=1S/C27H26N6O/c1-2-3-16-33-24-15-8-7-14-23(24)25-26(33)29-27(32-30-25)31-28-18-21-12-9-13-22(17-21)34-19-20-10-5-4-6-11-20/h4-15,17-18H,2-3,16,19H2,1H3,(H,29,31,32)/b28-18+. The van der Waals surface area contributed by atoms with Gasteiger partial charge in [0, 0.05) is 11.9 Å². The highest BCUT2D eigenvalue weighted by Crippen LogP contribution is 2.26. The van der Waals surface area contributed by atoms with E-state index in [9.17, 15) is 0 Å². The summed E-state index contributed by atoms with van der Waals surface area (Å²) in [6, 6.07) is 26.1. The molecule has 2 aromatic heterocycles. The van der Waals surface area contributed by atoms with Gasteiger partial charge in [-0.05, 0) is 35.7 Å². The smallest absolute Gasteiger partial charge is 0.265 e. The zero-order valence-corrected chi connectivity index (χ0v) is 19.1. The van der Waals surface area contributed by atoms with Crippen LogP contribution in [0.2, 0.25) is 0 Å². The Morgan fingerprint density at radius 2 is 1.82 bits per heavy atom. The average Bonchev–Trinajstić information content (AvgIpc) is 3.20. The third-order valence-electron chi connectivity index (χ3n) is 5.59. The zero-order chi connectivity index (χ0) is 23.2. The molecule has 3 aromatic carbocycles. The molecule has 5 aromatic rings. The molecule has 1 N–H and O–H groups in total. The fourth-order valence-electron chi connectivity index (χ4n) is 3.88. The number of benzene rings is 3. The van der Waals surface area contributed by atoms with E-state index in [2.05, 4.69) is 44.3 Å². The van der Waals surface area contributed by atoms with Crippen molar-refractivity contribution in [3.63, 3.8) is 0 Å². The fourth-order valence-corrected chi connectivity index (χ4v) is 3.88. The molecule has 0 atom stereocenters. The summed E-state index contributed by atoms with van der Waals surface area (Å²) in [5, 5.41) is 14.1. The molecule has 0 aliphatic rings. The first-order valence-electron chi connectivity index (χ1n) is 11.5. The summed E-state index contributed by atoms with van der Waals surface area (Å²) >= 11 is 0. The van der Waals surface area contributed by atoms with Gasteiger partial charge < -0.3 is 9.30 Å². The number of aryl methyl sites for hydroxylation is 1. The first-order chi connectivity index (χ1) is 16.8. The summed E-state index contributed by atoms with van der Waals surface area (Å²) in [6.45, 7) is 3.59. The number of hydrogen-bond acceptors (Lipinski definition) is 6. The molecule has 0 unspecified atom stereocenters. The highest BCUT2D eigenvalue weighted by atomic mass is 16.5. The van der Waals surface area contributed by atoms with Crippen molar-refractivity contribution in [2.45, 2.75) is 32.9 Å². The van der Waals surface area contributed by atoms with Gasteiger partial charge in [0.2, 0.25) is 0 Å². The van der Waals surface area contributed by atoms with E-state index in [1.54, 1.807) is 6.21 Å². The maximum Gasteiger partial charge on any atom is 0.265 e. The van der Waals surface area contributed by atoms with E-state index >= 15 is 0 Å². The fraction of sp³-hybridized carbons (Fsp3) is 0.185. The van der Waals surface area contributed by atoms with Gasteiger partial charge in [0.05, 0.1) is 11.7 Å². The van der Waals surface area contributed by atoms with Crippen LogP contribution < -0.4 is 10.2 Å². The van der Waals surface area contributed by atoms with Crippen LogP contribution in [0.3, 0.4) is 0 Å². The number of para-hydroxylation sites is 1. The van der Waals surface area contributed by atoms with Crippen LogP contribution >= 0.6 is 0 Å². The third-order valence-corrected chi connectivity index (χ3v) is 5.59. The number of anilines is 1. The van der Waals surface area contributed by atoms with Crippen molar-refractivity contribution in [1.29, 1.82) is 0 Å². The summed E-state index contributed by atoms with van der Waals surface area (Å²) in [7, 11) is 0. The molecule has 0 fully saturated rings. The van der Waals surface area contributed by atoms with Crippen molar-refractivity contribution in [1.82, 2.24) is 19.7 Å². The number of unbranched alkanes of at least 4 members (excludes halogenated alkanes) is 1. The molecule has 0 amide bonds. The topological polar surface area (TPSA) is 77.2 Å². The van der Waals surface area contributed by atoms with Gasteiger partial charge in [-0.25, -0.2) is 5.43 Å². The van der Waals surface area contributed by atoms with E-state index in [-0.39, 0.29) is 0 Å². The number of ether oxygens (including phenoxy) is 1. The molecule has 0 saturated heterocycles. The maximum absolute atomic E-state index is 5.90. The molecule has 5 rings (SSSR count). The average molecular weight is 451 g/mol. The van der Waals surface area contributed by atoms with Crippen LogP contribution in [-0.2, 0) is 13.2 Å². The lowest BCUT2D eigenvalue weighted by Gasteiger charge is -2.07. The minimum atomic E-state index is 0.362. The molecular formula is C27H26N6O. The lowest BCUT2D eigenvalue weighted by atomic mass is 10.2. The van der Waals surface area contributed by atoms with E-state index in [1.165, 1.54) is 0 Å². The molecule has 0 saturated carbocycles. The van der Waals surface area contributed by atoms with E-state index < -0.39 is 0 Å². The molecule has 7 heteroatoms. The van der Waals surface area contributed by atoms with Crippen molar-refractivity contribution < 1.29 is 4.74 Å². The monoisotopic (exact) mass is 450 g/mol. The molecule has 0 aliphatic carbocycles. The van der Waals surface area contributed by atoms with Gasteiger partial charge in [-0.15, -0.1) is 10.2 Å². The summed E-state index contributed by atoms with van der Waals surface area (Å²) in [6.07, 6.45) is 3.90. The SMILES string of the molecule is CCCCn1c2ccccc2c2nnc(N/N=C/c3cccc(OCc4ccccc4)c3)nc21. The zero-order valence-electron chi connectivity index (χ0n) is 19.1. The summed E-state index contributed by atoms with van der Waals surface area (Å²) in [5.74, 6) is 1.15. The minimum absolute atomic E-state index is 0.362. The van der Waals surface area contributed by atoms with Crippen molar-refractivity contribution in [2.75, 3.05) is 5.43 Å².